The van der Waals surface area contributed by atoms with Gasteiger partial charge in [-0.3, -0.25) is 0 Å². The third kappa shape index (κ3) is 4.30. The van der Waals surface area contributed by atoms with Gasteiger partial charge in [0.2, 0.25) is 0 Å². The van der Waals surface area contributed by atoms with E-state index in [1.807, 2.05) is 6.92 Å². The number of ether oxygens (including phenoxy) is 1. The Morgan fingerprint density at radius 1 is 1.22 bits per heavy atom. The van der Waals surface area contributed by atoms with Crippen LogP contribution in [0.2, 0.25) is 0 Å². The molecule has 6 nitrogen and oxygen atoms in total. The predicted molar refractivity (Wildman–Crippen MR) is 88.0 cm³/mol. The quantitative estimate of drug-likeness (QED) is 0.623. The fourth-order valence-electron chi connectivity index (χ4n) is 1.94. The van der Waals surface area contributed by atoms with E-state index < -0.39 is 10.0 Å². The van der Waals surface area contributed by atoms with Gasteiger partial charge in [0.25, 0.3) is 10.0 Å². The maximum atomic E-state index is 12.1. The lowest BCUT2D eigenvalue weighted by molar-refractivity contribution is 0.274. The van der Waals surface area contributed by atoms with Crippen molar-refractivity contribution in [3.05, 3.63) is 59.2 Å². The lowest BCUT2D eigenvalue weighted by Gasteiger charge is -2.07. The van der Waals surface area contributed by atoms with E-state index in [0.29, 0.717) is 16.9 Å². The van der Waals surface area contributed by atoms with Gasteiger partial charge in [0.05, 0.1) is 24.8 Å². The van der Waals surface area contributed by atoms with Crippen molar-refractivity contribution >= 4 is 16.2 Å². The molecule has 2 rings (SSSR count). The monoisotopic (exact) mass is 334 g/mol. The van der Waals surface area contributed by atoms with Crippen LogP contribution in [0.4, 0.5) is 0 Å². The zero-order chi connectivity index (χ0) is 16.9. The van der Waals surface area contributed by atoms with Crippen LogP contribution in [0.3, 0.4) is 0 Å². The van der Waals surface area contributed by atoms with E-state index in [2.05, 4.69) is 9.93 Å². The number of aryl methyl sites for hydroxylation is 1. The number of aliphatic hydroxyl groups excluding tert-OH is 1. The molecule has 0 spiro atoms. The smallest absolute Gasteiger partial charge is 0.276 e. The van der Waals surface area contributed by atoms with E-state index in [9.17, 15) is 13.5 Å². The molecule has 0 aliphatic heterocycles. The highest BCUT2D eigenvalue weighted by Gasteiger charge is 2.11. The van der Waals surface area contributed by atoms with Crippen molar-refractivity contribution in [3.63, 3.8) is 0 Å². The number of nitrogens with zero attached hydrogens (tertiary/aromatic N) is 1. The number of hydrogen-bond donors (Lipinski definition) is 2. The molecule has 0 fully saturated rings. The molecule has 2 aromatic carbocycles. The molecule has 2 N–H and O–H groups in total. The summed E-state index contributed by atoms with van der Waals surface area (Å²) in [7, 11) is -2.19. The van der Waals surface area contributed by atoms with Crippen LogP contribution >= 0.6 is 0 Å². The highest BCUT2D eigenvalue weighted by molar-refractivity contribution is 7.89. The molecule has 0 saturated heterocycles. The van der Waals surface area contributed by atoms with Crippen LogP contribution in [0.5, 0.6) is 5.75 Å². The molecule has 122 valence electrons. The van der Waals surface area contributed by atoms with Gasteiger partial charge in [0.15, 0.2) is 0 Å². The normalized spacial score (nSPS) is 11.6. The number of hydrogen-bond acceptors (Lipinski definition) is 5. The van der Waals surface area contributed by atoms with E-state index in [4.69, 9.17) is 4.74 Å². The number of sulfonamides is 1. The number of benzene rings is 2. The highest BCUT2D eigenvalue weighted by Crippen LogP contribution is 2.19. The zero-order valence-corrected chi connectivity index (χ0v) is 13.7. The third-order valence-electron chi connectivity index (χ3n) is 3.19. The molecular formula is C16H18N2O4S. The van der Waals surface area contributed by atoms with Crippen molar-refractivity contribution < 1.29 is 18.3 Å². The van der Waals surface area contributed by atoms with Crippen molar-refractivity contribution in [1.82, 2.24) is 4.83 Å². The van der Waals surface area contributed by atoms with Gasteiger partial charge in [-0.2, -0.15) is 13.5 Å². The van der Waals surface area contributed by atoms with Crippen LogP contribution < -0.4 is 9.57 Å². The van der Waals surface area contributed by atoms with E-state index in [1.54, 1.807) is 30.3 Å². The highest BCUT2D eigenvalue weighted by atomic mass is 32.2. The van der Waals surface area contributed by atoms with Gasteiger partial charge in [-0.25, -0.2) is 4.83 Å². The van der Waals surface area contributed by atoms with Crippen molar-refractivity contribution in [2.45, 2.75) is 18.4 Å². The molecule has 0 radical (unpaired) electrons. The maximum Gasteiger partial charge on any atom is 0.276 e. The molecule has 0 amide bonds. The molecule has 0 atom stereocenters. The first-order valence-electron chi connectivity index (χ1n) is 6.85. The Morgan fingerprint density at radius 3 is 2.52 bits per heavy atom. The van der Waals surface area contributed by atoms with Crippen LogP contribution in [0.15, 0.2) is 52.5 Å². The summed E-state index contributed by atoms with van der Waals surface area (Å²) >= 11 is 0. The summed E-state index contributed by atoms with van der Waals surface area (Å²) in [6, 6.07) is 11.5. The van der Waals surface area contributed by atoms with E-state index >= 15 is 0 Å². The Bertz CT molecular complexity index is 799. The third-order valence-corrected chi connectivity index (χ3v) is 4.43. The number of hydrazone groups is 1. The van der Waals surface area contributed by atoms with Gasteiger partial charge in [-0.05, 0) is 42.8 Å². The summed E-state index contributed by atoms with van der Waals surface area (Å²) in [5.41, 5.74) is 2.21. The number of rotatable bonds is 6. The summed E-state index contributed by atoms with van der Waals surface area (Å²) in [6.45, 7) is 1.70. The van der Waals surface area contributed by atoms with Crippen LogP contribution in [0, 0.1) is 6.92 Å². The average molecular weight is 334 g/mol. The molecule has 7 heteroatoms. The molecule has 0 bridgehead atoms. The first-order valence-corrected chi connectivity index (χ1v) is 8.34. The largest absolute Gasteiger partial charge is 0.496 e. The standard InChI is InChI=1S/C16H18N2O4S/c1-12-3-6-15(7-4-12)23(20,21)18-17-10-13-5-8-16(22-2)14(9-13)11-19/h3-10,18-19H,11H2,1-2H3/b17-10-. The van der Waals surface area contributed by atoms with E-state index in [-0.39, 0.29) is 11.5 Å². The van der Waals surface area contributed by atoms with Gasteiger partial charge in [0, 0.05) is 5.56 Å². The van der Waals surface area contributed by atoms with E-state index in [0.717, 1.165) is 5.56 Å². The van der Waals surface area contributed by atoms with Crippen molar-refractivity contribution in [2.24, 2.45) is 5.10 Å². The summed E-state index contributed by atoms with van der Waals surface area (Å²) < 4.78 is 29.2. The van der Waals surface area contributed by atoms with Gasteiger partial charge in [-0.1, -0.05) is 17.7 Å². The topological polar surface area (TPSA) is 88.0 Å². The fourth-order valence-corrected chi connectivity index (χ4v) is 2.73. The minimum absolute atomic E-state index is 0.144. The average Bonchev–Trinajstić information content (AvgIpc) is 2.55. The van der Waals surface area contributed by atoms with Crippen LogP contribution in [-0.2, 0) is 16.6 Å². The Morgan fingerprint density at radius 2 is 1.91 bits per heavy atom. The zero-order valence-electron chi connectivity index (χ0n) is 12.9. The summed E-state index contributed by atoms with van der Waals surface area (Å²) in [4.78, 5) is 2.30. The van der Waals surface area contributed by atoms with Crippen molar-refractivity contribution in [2.75, 3.05) is 7.11 Å². The van der Waals surface area contributed by atoms with Crippen LogP contribution in [0.25, 0.3) is 0 Å². The number of nitrogens with one attached hydrogen (secondary N) is 1. The van der Waals surface area contributed by atoms with Gasteiger partial charge in [-0.15, -0.1) is 0 Å². The second kappa shape index (κ2) is 7.26. The molecule has 0 unspecified atom stereocenters. The lowest BCUT2D eigenvalue weighted by atomic mass is 10.1. The van der Waals surface area contributed by atoms with Gasteiger partial charge < -0.3 is 9.84 Å². The minimum Gasteiger partial charge on any atom is -0.496 e. The fraction of sp³-hybridized carbons (Fsp3) is 0.188. The summed E-state index contributed by atoms with van der Waals surface area (Å²) in [5.74, 6) is 0.560. The molecule has 2 aromatic rings. The second-order valence-corrected chi connectivity index (χ2v) is 6.56. The van der Waals surface area contributed by atoms with Crippen LogP contribution in [-0.4, -0.2) is 26.8 Å². The summed E-state index contributed by atoms with van der Waals surface area (Å²) in [6.07, 6.45) is 1.37. The Hall–Kier alpha value is -2.38. The van der Waals surface area contributed by atoms with Crippen molar-refractivity contribution in [3.8, 4) is 5.75 Å². The number of methoxy groups -OCH3 is 1. The van der Waals surface area contributed by atoms with Crippen molar-refractivity contribution in [1.29, 1.82) is 0 Å². The van der Waals surface area contributed by atoms with Crippen LogP contribution in [0.1, 0.15) is 16.7 Å². The Balaban J connectivity index is 2.13. The SMILES string of the molecule is COc1ccc(/C=N\NS(=O)(=O)c2ccc(C)cc2)cc1CO. The van der Waals surface area contributed by atoms with Gasteiger partial charge in [0.1, 0.15) is 5.75 Å². The molecule has 23 heavy (non-hydrogen) atoms. The summed E-state index contributed by atoms with van der Waals surface area (Å²) in [5, 5.41) is 13.0. The first-order chi connectivity index (χ1) is 11.0. The molecule has 0 heterocycles. The molecule has 0 aliphatic carbocycles. The van der Waals surface area contributed by atoms with Gasteiger partial charge >= 0.3 is 0 Å². The van der Waals surface area contributed by atoms with E-state index in [1.165, 1.54) is 25.5 Å². The maximum absolute atomic E-state index is 12.1. The number of aliphatic hydroxyl groups is 1. The predicted octanol–water partition coefficient (Wildman–Crippen LogP) is 1.81. The molecule has 0 aromatic heterocycles. The second-order valence-electron chi connectivity index (χ2n) is 4.90. The molecule has 0 saturated carbocycles. The molecule has 0 aliphatic rings. The minimum atomic E-state index is -3.70. The lowest BCUT2D eigenvalue weighted by Crippen LogP contribution is -2.18. The Labute approximate surface area is 135 Å². The first kappa shape index (κ1) is 17.0. The Kier molecular flexibility index (Phi) is 5.36. The molecular weight excluding hydrogens is 316 g/mol.